The fourth-order valence-corrected chi connectivity index (χ4v) is 0.662. The Labute approximate surface area is 135 Å². The largest absolute Gasteiger partial charge is 2.00 e. The van der Waals surface area contributed by atoms with Crippen LogP contribution in [-0.4, -0.2) is 75.0 Å². The van der Waals surface area contributed by atoms with E-state index in [0.717, 1.165) is 0 Å². The summed E-state index contributed by atoms with van der Waals surface area (Å²) in [5.41, 5.74) is 4.51. The number of hydrogen-bond donors (Lipinski definition) is 6. The first-order valence-corrected chi connectivity index (χ1v) is 4.62. The molecule has 0 saturated heterocycles. The molecule has 10 nitrogen and oxygen atoms in total. The van der Waals surface area contributed by atoms with Crippen LogP contribution < -0.4 is 15.9 Å². The van der Waals surface area contributed by atoms with E-state index in [0.29, 0.717) is 0 Å². The Hall–Kier alpha value is -0.261. The van der Waals surface area contributed by atoms with Crippen molar-refractivity contribution in [3.63, 3.8) is 0 Å². The van der Waals surface area contributed by atoms with Crippen molar-refractivity contribution in [2.75, 3.05) is 13.2 Å². The average Bonchev–Trinajstić information content (AvgIpc) is 2.35. The minimum absolute atomic E-state index is 0. The first-order chi connectivity index (χ1) is 8.18. The molecule has 12 heteroatoms. The molecule has 2 radical (unpaired) electrons. The van der Waals surface area contributed by atoms with Crippen LogP contribution in [-0.2, 0) is 43.7 Å². The van der Waals surface area contributed by atoms with Crippen LogP contribution in [0.1, 0.15) is 0 Å². The normalized spacial score (nSPS) is 15.1. The summed E-state index contributed by atoms with van der Waals surface area (Å²) in [7, 11) is 0. The van der Waals surface area contributed by atoms with Gasteiger partial charge in [0.2, 0.25) is 0 Å². The topological polar surface area (TPSA) is 207 Å². The van der Waals surface area contributed by atoms with Gasteiger partial charge < -0.3 is 51.1 Å². The zero-order valence-corrected chi connectivity index (χ0v) is 11.7. The van der Waals surface area contributed by atoms with Crippen LogP contribution in [0.15, 0.2) is 0 Å². The van der Waals surface area contributed by atoms with Gasteiger partial charge in [-0.15, -0.1) is 0 Å². The van der Waals surface area contributed by atoms with Crippen LogP contribution >= 0.6 is 0 Å². The Bertz CT molecular complexity index is 268. The maximum atomic E-state index is 9.98. The fraction of sp³-hybridized carbons (Fsp3) is 0.750. The Morgan fingerprint density at radius 2 is 1.35 bits per heavy atom. The van der Waals surface area contributed by atoms with Crippen LogP contribution in [0.5, 0.6) is 0 Å². The summed E-state index contributed by atoms with van der Waals surface area (Å²) in [5.74, 6) is -3.19. The summed E-state index contributed by atoms with van der Waals surface area (Å²) in [6.45, 7) is -1.25. The summed E-state index contributed by atoms with van der Waals surface area (Å²) in [6.07, 6.45) is -8.08. The zero-order valence-electron chi connectivity index (χ0n) is 9.77. The number of carboxylic acids is 2. The molecule has 0 bridgehead atoms. The molecule has 0 aromatic carbocycles. The third kappa shape index (κ3) is 12.8. The summed E-state index contributed by atoms with van der Waals surface area (Å²) in [6, 6.07) is 0. The number of rotatable bonds is 6. The summed E-state index contributed by atoms with van der Waals surface area (Å²) in [5, 5.41) is 62.6. The molecule has 4 atom stereocenters. The predicted molar refractivity (Wildman–Crippen MR) is 50.2 cm³/mol. The van der Waals surface area contributed by atoms with Gasteiger partial charge in [-0.2, -0.15) is 0 Å². The van der Waals surface area contributed by atoms with Gasteiger partial charge in [0.1, 0.15) is 24.4 Å². The third-order valence-corrected chi connectivity index (χ3v) is 1.66. The molecule has 0 aromatic heterocycles. The molecule has 0 aliphatic rings. The van der Waals surface area contributed by atoms with Gasteiger partial charge in [-0.1, -0.05) is 0 Å². The van der Waals surface area contributed by atoms with E-state index in [1.165, 1.54) is 0 Å². The monoisotopic (exact) mass is 395 g/mol. The third-order valence-electron chi connectivity index (χ3n) is 1.66. The van der Waals surface area contributed by atoms with Crippen molar-refractivity contribution in [3.05, 3.63) is 0 Å². The quantitative estimate of drug-likeness (QED) is 0.234. The average molecular weight is 396 g/mol. The second-order valence-electron chi connectivity index (χ2n) is 3.07. The van der Waals surface area contributed by atoms with Crippen molar-refractivity contribution >= 4 is 11.9 Å². The molecular weight excluding hydrogens is 381 g/mol. The molecule has 0 aliphatic heterocycles. The first-order valence-electron chi connectivity index (χ1n) is 4.62. The van der Waals surface area contributed by atoms with E-state index >= 15 is 0 Å². The van der Waals surface area contributed by atoms with Crippen LogP contribution in [0.25, 0.3) is 0 Å². The van der Waals surface area contributed by atoms with E-state index in [1.807, 2.05) is 0 Å². The first kappa shape index (κ1) is 28.0. The van der Waals surface area contributed by atoms with Crippen molar-refractivity contribution in [1.82, 2.24) is 0 Å². The molecule has 0 amide bonds. The molecule has 20 heavy (non-hydrogen) atoms. The van der Waals surface area contributed by atoms with E-state index in [9.17, 15) is 9.90 Å². The van der Waals surface area contributed by atoms with Gasteiger partial charge in [0.15, 0.2) is 0 Å². The van der Waals surface area contributed by atoms with Gasteiger partial charge in [0, 0.05) is 6.54 Å². The number of aliphatic hydroxyl groups is 5. The van der Waals surface area contributed by atoms with Crippen LogP contribution in [0.4, 0.5) is 0 Å². The zero-order chi connectivity index (χ0) is 14.9. The van der Waals surface area contributed by atoms with Crippen LogP contribution in [0.2, 0.25) is 0 Å². The Morgan fingerprint density at radius 1 is 1.00 bits per heavy atom. The van der Waals surface area contributed by atoms with E-state index in [4.69, 9.17) is 35.4 Å². The van der Waals surface area contributed by atoms with Crippen molar-refractivity contribution < 1.29 is 79.5 Å². The van der Waals surface area contributed by atoms with Crippen LogP contribution in [0.3, 0.4) is 0 Å². The summed E-state index contributed by atoms with van der Waals surface area (Å²) < 4.78 is 0. The molecule has 0 heterocycles. The second-order valence-corrected chi connectivity index (χ2v) is 3.07. The Balaban J connectivity index is -0.000000158. The molecule has 0 rings (SSSR count). The van der Waals surface area contributed by atoms with E-state index < -0.39 is 43.0 Å². The predicted octanol–water partition coefficient (Wildman–Crippen LogP) is -7.14. The number of hydrogen-bond acceptors (Lipinski definition) is 10. The second kappa shape index (κ2) is 15.1. The number of carbonyl (C=O) groups excluding carboxylic acids is 2. The van der Waals surface area contributed by atoms with Gasteiger partial charge in [0.05, 0.1) is 18.5 Å². The maximum Gasteiger partial charge on any atom is 2.00 e. The Kier molecular flexibility index (Phi) is 21.2. The summed E-state index contributed by atoms with van der Waals surface area (Å²) >= 11 is 0. The summed E-state index contributed by atoms with van der Waals surface area (Å²) in [4.78, 5) is 19.1. The number of carboxylic acid groups (broad SMARTS) is 2. The maximum absolute atomic E-state index is 9.98. The molecule has 0 fully saturated rings. The number of aliphatic hydroxyl groups excluding tert-OH is 5. The van der Waals surface area contributed by atoms with Gasteiger partial charge >= 0.3 is 34.1 Å². The van der Waals surface area contributed by atoms with Crippen LogP contribution in [0, 0.1) is 0 Å². The molecule has 126 valence electrons. The number of aliphatic carboxylic acids is 2. The Morgan fingerprint density at radius 3 is 1.55 bits per heavy atom. The van der Waals surface area contributed by atoms with E-state index in [2.05, 4.69) is 5.73 Å². The molecule has 0 aromatic rings. The molecular formula is C8H15Cu2NO9+2. The molecule has 0 aliphatic carbocycles. The van der Waals surface area contributed by atoms with Crippen molar-refractivity contribution in [2.45, 2.75) is 24.4 Å². The van der Waals surface area contributed by atoms with Crippen molar-refractivity contribution in [3.8, 4) is 0 Å². The standard InChI is InChI=1S/C6H12O7.C2H5NO2.2Cu/c7-1-2(8)3(9)4(10)5(11)6(12)13;3-1-2(4)5;;/h2-5,7-11H,1H2,(H,12,13);1,3H2,(H,4,5);;/q;;2*+2/p-2/t2-,3-,4+,5-;;;/m1.../s1. The van der Waals surface area contributed by atoms with Crippen molar-refractivity contribution in [2.24, 2.45) is 5.73 Å². The van der Waals surface area contributed by atoms with Gasteiger partial charge in [0.25, 0.3) is 0 Å². The minimum Gasteiger partial charge on any atom is -0.549 e. The fourth-order valence-electron chi connectivity index (χ4n) is 0.662. The smallest absolute Gasteiger partial charge is 0.549 e. The SMILES string of the molecule is NCC(=O)[O-].O=C([O-])[C@H](O)[C@@H](O)[C@H](O)[C@H](O)CO.[Cu+2].[Cu+2]. The molecule has 0 spiro atoms. The molecule has 0 unspecified atom stereocenters. The number of nitrogens with two attached hydrogens (primary N) is 1. The van der Waals surface area contributed by atoms with Gasteiger partial charge in [-0.05, 0) is 0 Å². The molecule has 7 N–H and O–H groups in total. The van der Waals surface area contributed by atoms with Crippen molar-refractivity contribution in [1.29, 1.82) is 0 Å². The minimum atomic E-state index is -2.31. The van der Waals surface area contributed by atoms with E-state index in [1.54, 1.807) is 0 Å². The number of carbonyl (C=O) groups is 2. The molecule has 0 saturated carbocycles. The van der Waals surface area contributed by atoms with E-state index in [-0.39, 0.29) is 40.7 Å². The van der Waals surface area contributed by atoms with Gasteiger partial charge in [-0.25, -0.2) is 0 Å². The van der Waals surface area contributed by atoms with Gasteiger partial charge in [-0.3, -0.25) is 0 Å².